The molecule has 0 saturated heterocycles. The average molecular weight is 372 g/mol. The van der Waals surface area contributed by atoms with Gasteiger partial charge in [0.2, 0.25) is 0 Å². The standard InChI is InChI=1S/C19H24N4O4/c1-12-10-11-20-23(12)15-8-6-14(7-9-15)17(25)27-13(2)16(24)21-18(26)22-19(3,4)5/h6-11,13H,1-5H3,(H2,21,22,24,26)/t13-/m0/s1. The largest absolute Gasteiger partial charge is 0.449 e. The van der Waals surface area contributed by atoms with Crippen molar-refractivity contribution in [1.82, 2.24) is 20.4 Å². The van der Waals surface area contributed by atoms with E-state index in [1.54, 1.807) is 55.9 Å². The molecule has 0 bridgehead atoms. The molecule has 3 amide bonds. The molecule has 1 aromatic carbocycles. The van der Waals surface area contributed by atoms with Crippen molar-refractivity contribution in [2.45, 2.75) is 46.3 Å². The molecule has 0 aliphatic carbocycles. The Kier molecular flexibility index (Phi) is 5.99. The lowest BCUT2D eigenvalue weighted by atomic mass is 10.1. The van der Waals surface area contributed by atoms with E-state index in [-0.39, 0.29) is 0 Å². The zero-order valence-electron chi connectivity index (χ0n) is 16.1. The average Bonchev–Trinajstić information content (AvgIpc) is 2.99. The Labute approximate surface area is 157 Å². The first-order chi connectivity index (χ1) is 12.6. The van der Waals surface area contributed by atoms with Crippen molar-refractivity contribution in [2.24, 2.45) is 0 Å². The van der Waals surface area contributed by atoms with Crippen LogP contribution in [0.5, 0.6) is 0 Å². The number of aromatic nitrogens is 2. The second-order valence-corrected chi connectivity index (χ2v) is 7.17. The lowest BCUT2D eigenvalue weighted by Crippen LogP contribution is -2.50. The fourth-order valence-electron chi connectivity index (χ4n) is 2.25. The van der Waals surface area contributed by atoms with Crippen LogP contribution in [0.3, 0.4) is 0 Å². The minimum Gasteiger partial charge on any atom is -0.449 e. The lowest BCUT2D eigenvalue weighted by Gasteiger charge is -2.21. The molecule has 0 spiro atoms. The van der Waals surface area contributed by atoms with Crippen LogP contribution in [0.15, 0.2) is 36.5 Å². The summed E-state index contributed by atoms with van der Waals surface area (Å²) in [6.45, 7) is 8.68. The number of hydrogen-bond acceptors (Lipinski definition) is 5. The summed E-state index contributed by atoms with van der Waals surface area (Å²) in [4.78, 5) is 35.9. The third kappa shape index (κ3) is 5.67. The second-order valence-electron chi connectivity index (χ2n) is 7.17. The predicted molar refractivity (Wildman–Crippen MR) is 99.6 cm³/mol. The lowest BCUT2D eigenvalue weighted by molar-refractivity contribution is -0.127. The van der Waals surface area contributed by atoms with Gasteiger partial charge < -0.3 is 10.1 Å². The third-order valence-corrected chi connectivity index (χ3v) is 3.56. The highest BCUT2D eigenvalue weighted by molar-refractivity contribution is 5.98. The molecular formula is C19H24N4O4. The zero-order chi connectivity index (χ0) is 20.2. The minimum absolute atomic E-state index is 0.294. The highest BCUT2D eigenvalue weighted by Gasteiger charge is 2.22. The van der Waals surface area contributed by atoms with Gasteiger partial charge in [0.25, 0.3) is 5.91 Å². The number of ether oxygens (including phenoxy) is 1. The number of carbonyl (C=O) groups is 3. The van der Waals surface area contributed by atoms with E-state index in [0.29, 0.717) is 5.56 Å². The van der Waals surface area contributed by atoms with Gasteiger partial charge in [0.05, 0.1) is 11.3 Å². The molecule has 8 nitrogen and oxygen atoms in total. The van der Waals surface area contributed by atoms with Gasteiger partial charge in [-0.25, -0.2) is 14.3 Å². The van der Waals surface area contributed by atoms with E-state index in [2.05, 4.69) is 15.7 Å². The van der Waals surface area contributed by atoms with Crippen molar-refractivity contribution >= 4 is 17.9 Å². The van der Waals surface area contributed by atoms with Crippen LogP contribution < -0.4 is 10.6 Å². The molecule has 0 fully saturated rings. The van der Waals surface area contributed by atoms with Gasteiger partial charge in [-0.05, 0) is 65.0 Å². The number of benzene rings is 1. The SMILES string of the molecule is Cc1ccnn1-c1ccc(C(=O)O[C@@H](C)C(=O)NC(=O)NC(C)(C)C)cc1. The Morgan fingerprint density at radius 3 is 2.26 bits per heavy atom. The number of nitrogens with one attached hydrogen (secondary N) is 2. The first-order valence-corrected chi connectivity index (χ1v) is 8.52. The molecule has 0 radical (unpaired) electrons. The first-order valence-electron chi connectivity index (χ1n) is 8.52. The van der Waals surface area contributed by atoms with E-state index in [0.717, 1.165) is 11.4 Å². The van der Waals surface area contributed by atoms with Crippen LogP contribution in [0.4, 0.5) is 4.79 Å². The number of urea groups is 1. The maximum absolute atomic E-state index is 12.2. The monoisotopic (exact) mass is 372 g/mol. The molecule has 1 heterocycles. The number of rotatable bonds is 4. The number of amides is 3. The summed E-state index contributed by atoms with van der Waals surface area (Å²) in [5.74, 6) is -1.36. The third-order valence-electron chi connectivity index (χ3n) is 3.56. The van der Waals surface area contributed by atoms with Crippen molar-refractivity contribution in [3.05, 3.63) is 47.8 Å². The molecule has 0 saturated carbocycles. The maximum atomic E-state index is 12.2. The van der Waals surface area contributed by atoms with Crippen molar-refractivity contribution in [1.29, 1.82) is 0 Å². The molecular weight excluding hydrogens is 348 g/mol. The van der Waals surface area contributed by atoms with Gasteiger partial charge in [0, 0.05) is 17.4 Å². The molecule has 2 N–H and O–H groups in total. The molecule has 0 aliphatic rings. The summed E-state index contributed by atoms with van der Waals surface area (Å²) in [6.07, 6.45) is 0.574. The van der Waals surface area contributed by atoms with Gasteiger partial charge >= 0.3 is 12.0 Å². The van der Waals surface area contributed by atoms with Crippen LogP contribution >= 0.6 is 0 Å². The van der Waals surface area contributed by atoms with Gasteiger partial charge in [-0.1, -0.05) is 0 Å². The Bertz CT molecular complexity index is 834. The first kappa shape index (κ1) is 20.2. The van der Waals surface area contributed by atoms with Crippen molar-refractivity contribution in [3.63, 3.8) is 0 Å². The quantitative estimate of drug-likeness (QED) is 0.802. The summed E-state index contributed by atoms with van der Waals surface area (Å²) >= 11 is 0. The van der Waals surface area contributed by atoms with E-state index in [1.165, 1.54) is 6.92 Å². The van der Waals surface area contributed by atoms with Crippen molar-refractivity contribution < 1.29 is 19.1 Å². The molecule has 0 aliphatic heterocycles. The number of hydrogen-bond donors (Lipinski definition) is 2. The smallest absolute Gasteiger partial charge is 0.338 e. The summed E-state index contributed by atoms with van der Waals surface area (Å²) in [7, 11) is 0. The van der Waals surface area contributed by atoms with Crippen LogP contribution in [0.1, 0.15) is 43.7 Å². The summed E-state index contributed by atoms with van der Waals surface area (Å²) < 4.78 is 6.87. The van der Waals surface area contributed by atoms with E-state index in [1.807, 2.05) is 13.0 Å². The summed E-state index contributed by atoms with van der Waals surface area (Å²) in [6, 6.07) is 7.88. The predicted octanol–water partition coefficient (Wildman–Crippen LogP) is 2.35. The van der Waals surface area contributed by atoms with E-state index in [9.17, 15) is 14.4 Å². The number of imide groups is 1. The summed E-state index contributed by atoms with van der Waals surface area (Å²) in [5, 5.41) is 8.94. The molecule has 1 aromatic heterocycles. The van der Waals surface area contributed by atoms with Crippen LogP contribution in [-0.2, 0) is 9.53 Å². The fourth-order valence-corrected chi connectivity index (χ4v) is 2.25. The molecule has 2 rings (SSSR count). The van der Waals surface area contributed by atoms with Crippen LogP contribution in [0.2, 0.25) is 0 Å². The fraction of sp³-hybridized carbons (Fsp3) is 0.368. The Balaban J connectivity index is 1.95. The maximum Gasteiger partial charge on any atom is 0.338 e. The van der Waals surface area contributed by atoms with Crippen LogP contribution in [0.25, 0.3) is 5.69 Å². The van der Waals surface area contributed by atoms with E-state index in [4.69, 9.17) is 4.74 Å². The second kappa shape index (κ2) is 8.03. The summed E-state index contributed by atoms with van der Waals surface area (Å²) in [5.41, 5.74) is 1.57. The number of carbonyl (C=O) groups excluding carboxylic acids is 3. The molecule has 0 unspecified atom stereocenters. The molecule has 2 aromatic rings. The molecule has 27 heavy (non-hydrogen) atoms. The highest BCUT2D eigenvalue weighted by atomic mass is 16.5. The van der Waals surface area contributed by atoms with E-state index >= 15 is 0 Å². The Morgan fingerprint density at radius 2 is 1.74 bits per heavy atom. The van der Waals surface area contributed by atoms with Crippen molar-refractivity contribution in [3.8, 4) is 5.69 Å². The number of esters is 1. The molecule has 8 heteroatoms. The highest BCUT2D eigenvalue weighted by Crippen LogP contribution is 2.12. The Morgan fingerprint density at radius 1 is 1.11 bits per heavy atom. The molecule has 144 valence electrons. The number of nitrogens with zero attached hydrogens (tertiary/aromatic N) is 2. The van der Waals surface area contributed by atoms with Gasteiger partial charge in [0.1, 0.15) is 0 Å². The van der Waals surface area contributed by atoms with E-state index < -0.39 is 29.6 Å². The van der Waals surface area contributed by atoms with Gasteiger partial charge in [0.15, 0.2) is 6.10 Å². The Hall–Kier alpha value is -3.16. The van der Waals surface area contributed by atoms with Crippen molar-refractivity contribution in [2.75, 3.05) is 0 Å². The topological polar surface area (TPSA) is 102 Å². The van der Waals surface area contributed by atoms with Gasteiger partial charge in [-0.3, -0.25) is 10.1 Å². The molecule has 1 atom stereocenters. The zero-order valence-corrected chi connectivity index (χ0v) is 16.1. The number of aryl methyl sites for hydroxylation is 1. The minimum atomic E-state index is -1.11. The van der Waals surface area contributed by atoms with Gasteiger partial charge in [-0.2, -0.15) is 5.10 Å². The van der Waals surface area contributed by atoms with Crippen LogP contribution in [0, 0.1) is 6.92 Å². The van der Waals surface area contributed by atoms with Gasteiger partial charge in [-0.15, -0.1) is 0 Å². The van der Waals surface area contributed by atoms with Crippen LogP contribution in [-0.4, -0.2) is 39.3 Å². The normalized spacial score (nSPS) is 12.2.